The number of hydrogen-bond acceptors (Lipinski definition) is 0. The third kappa shape index (κ3) is 1.85. The second-order valence-electron chi connectivity index (χ2n) is 2.20. The molecule has 0 N–H and O–H groups in total. The summed E-state index contributed by atoms with van der Waals surface area (Å²) in [5.74, 6) is -0.329. The molecular formula is C8H7Cl2F. The van der Waals surface area contributed by atoms with Crippen molar-refractivity contribution in [3.05, 3.63) is 33.6 Å². The van der Waals surface area contributed by atoms with Crippen molar-refractivity contribution in [3.8, 4) is 0 Å². The maximum Gasteiger partial charge on any atom is 0.129 e. The SMILES string of the molecule is CCc1c(F)cc(Cl)cc1Cl. The van der Waals surface area contributed by atoms with E-state index in [0.717, 1.165) is 0 Å². The first-order valence-corrected chi connectivity index (χ1v) is 4.04. The predicted molar refractivity (Wildman–Crippen MR) is 45.8 cm³/mol. The molecule has 0 saturated carbocycles. The van der Waals surface area contributed by atoms with Crippen LogP contribution in [0.15, 0.2) is 12.1 Å². The Morgan fingerprint density at radius 1 is 1.36 bits per heavy atom. The van der Waals surface area contributed by atoms with Gasteiger partial charge in [-0.2, -0.15) is 0 Å². The minimum Gasteiger partial charge on any atom is -0.207 e. The van der Waals surface area contributed by atoms with Crippen LogP contribution in [0.25, 0.3) is 0 Å². The van der Waals surface area contributed by atoms with Gasteiger partial charge < -0.3 is 0 Å². The molecule has 1 rings (SSSR count). The summed E-state index contributed by atoms with van der Waals surface area (Å²) in [6.45, 7) is 1.85. The Morgan fingerprint density at radius 2 is 2.00 bits per heavy atom. The van der Waals surface area contributed by atoms with Crippen LogP contribution in [0, 0.1) is 5.82 Å². The Labute approximate surface area is 74.9 Å². The Hall–Kier alpha value is -0.270. The van der Waals surface area contributed by atoms with Gasteiger partial charge in [-0.15, -0.1) is 0 Å². The van der Waals surface area contributed by atoms with Crippen LogP contribution in [0.5, 0.6) is 0 Å². The lowest BCUT2D eigenvalue weighted by Gasteiger charge is -2.02. The number of halogens is 3. The molecule has 11 heavy (non-hydrogen) atoms. The summed E-state index contributed by atoms with van der Waals surface area (Å²) in [5.41, 5.74) is 0.524. The smallest absolute Gasteiger partial charge is 0.129 e. The third-order valence-electron chi connectivity index (χ3n) is 1.46. The van der Waals surface area contributed by atoms with E-state index in [4.69, 9.17) is 23.2 Å². The molecule has 0 radical (unpaired) electrons. The van der Waals surface area contributed by atoms with Crippen molar-refractivity contribution in [1.29, 1.82) is 0 Å². The van der Waals surface area contributed by atoms with Crippen molar-refractivity contribution in [2.24, 2.45) is 0 Å². The highest BCUT2D eigenvalue weighted by molar-refractivity contribution is 6.35. The van der Waals surface area contributed by atoms with Crippen molar-refractivity contribution in [2.75, 3.05) is 0 Å². The highest BCUT2D eigenvalue weighted by Crippen LogP contribution is 2.24. The zero-order valence-electron chi connectivity index (χ0n) is 6.00. The molecule has 1 aromatic carbocycles. The van der Waals surface area contributed by atoms with Crippen LogP contribution in [0.3, 0.4) is 0 Å². The van der Waals surface area contributed by atoms with Gasteiger partial charge in [-0.3, -0.25) is 0 Å². The zero-order chi connectivity index (χ0) is 8.43. The maximum absolute atomic E-state index is 12.9. The van der Waals surface area contributed by atoms with E-state index in [2.05, 4.69) is 0 Å². The molecule has 0 aliphatic rings. The van der Waals surface area contributed by atoms with Crippen molar-refractivity contribution in [3.63, 3.8) is 0 Å². The molecule has 0 heterocycles. The van der Waals surface area contributed by atoms with E-state index in [1.807, 2.05) is 6.92 Å². The van der Waals surface area contributed by atoms with E-state index in [-0.39, 0.29) is 5.82 Å². The molecule has 0 saturated heterocycles. The second-order valence-corrected chi connectivity index (χ2v) is 3.05. The van der Waals surface area contributed by atoms with E-state index in [9.17, 15) is 4.39 Å². The minimum absolute atomic E-state index is 0.329. The van der Waals surface area contributed by atoms with Crippen LogP contribution < -0.4 is 0 Å². The molecule has 0 nitrogen and oxygen atoms in total. The number of benzene rings is 1. The highest BCUT2D eigenvalue weighted by atomic mass is 35.5. The van der Waals surface area contributed by atoms with Gasteiger partial charge in [0.25, 0.3) is 0 Å². The molecule has 0 aliphatic heterocycles. The average Bonchev–Trinajstić information content (AvgIpc) is 1.85. The second kappa shape index (κ2) is 3.42. The van der Waals surface area contributed by atoms with Crippen LogP contribution >= 0.6 is 23.2 Å². The highest BCUT2D eigenvalue weighted by Gasteiger charge is 2.05. The number of hydrogen-bond donors (Lipinski definition) is 0. The van der Waals surface area contributed by atoms with Gasteiger partial charge in [-0.1, -0.05) is 30.1 Å². The summed E-state index contributed by atoms with van der Waals surface area (Å²) in [4.78, 5) is 0. The maximum atomic E-state index is 12.9. The zero-order valence-corrected chi connectivity index (χ0v) is 7.51. The van der Waals surface area contributed by atoms with Crippen molar-refractivity contribution >= 4 is 23.2 Å². The van der Waals surface area contributed by atoms with E-state index >= 15 is 0 Å². The van der Waals surface area contributed by atoms with E-state index in [0.29, 0.717) is 22.0 Å². The molecule has 0 atom stereocenters. The fourth-order valence-electron chi connectivity index (χ4n) is 0.910. The lowest BCUT2D eigenvalue weighted by molar-refractivity contribution is 0.612. The topological polar surface area (TPSA) is 0 Å². The van der Waals surface area contributed by atoms with Crippen LogP contribution in [0.4, 0.5) is 4.39 Å². The summed E-state index contributed by atoms with van der Waals surface area (Å²) in [5, 5.41) is 0.738. The largest absolute Gasteiger partial charge is 0.207 e. The van der Waals surface area contributed by atoms with Gasteiger partial charge in [-0.25, -0.2) is 4.39 Å². The molecule has 0 unspecified atom stereocenters. The first-order valence-electron chi connectivity index (χ1n) is 3.28. The Bertz CT molecular complexity index is 248. The molecule has 1 aromatic rings. The van der Waals surface area contributed by atoms with Crippen LogP contribution in [-0.4, -0.2) is 0 Å². The third-order valence-corrected chi connectivity index (χ3v) is 2.01. The van der Waals surface area contributed by atoms with E-state index < -0.39 is 0 Å². The lowest BCUT2D eigenvalue weighted by Crippen LogP contribution is -1.88. The van der Waals surface area contributed by atoms with Crippen molar-refractivity contribution < 1.29 is 4.39 Å². The average molecular weight is 193 g/mol. The minimum atomic E-state index is -0.329. The van der Waals surface area contributed by atoms with Gasteiger partial charge in [-0.05, 0) is 18.6 Å². The van der Waals surface area contributed by atoms with Crippen molar-refractivity contribution in [2.45, 2.75) is 13.3 Å². The summed E-state index contributed by atoms with van der Waals surface area (Å²) >= 11 is 11.3. The standard InChI is InChI=1S/C8H7Cl2F/c1-2-6-7(10)3-5(9)4-8(6)11/h3-4H,2H2,1H3. The first-order chi connectivity index (χ1) is 5.15. The van der Waals surface area contributed by atoms with Crippen LogP contribution in [0.2, 0.25) is 10.0 Å². The molecule has 0 spiro atoms. The lowest BCUT2D eigenvalue weighted by atomic mass is 10.1. The quantitative estimate of drug-likeness (QED) is 0.637. The molecule has 0 fully saturated rings. The van der Waals surface area contributed by atoms with Gasteiger partial charge in [0, 0.05) is 15.6 Å². The molecule has 0 bridgehead atoms. The molecule has 0 aliphatic carbocycles. The monoisotopic (exact) mass is 192 g/mol. The predicted octanol–water partition coefficient (Wildman–Crippen LogP) is 3.69. The van der Waals surface area contributed by atoms with E-state index in [1.54, 1.807) is 6.07 Å². The fraction of sp³-hybridized carbons (Fsp3) is 0.250. The van der Waals surface area contributed by atoms with E-state index in [1.165, 1.54) is 6.07 Å². The first kappa shape index (κ1) is 8.82. The van der Waals surface area contributed by atoms with Crippen LogP contribution in [0.1, 0.15) is 12.5 Å². The fourth-order valence-corrected chi connectivity index (χ4v) is 1.51. The normalized spacial score (nSPS) is 10.2. The summed E-state index contributed by atoms with van der Waals surface area (Å²) < 4.78 is 12.9. The van der Waals surface area contributed by atoms with Crippen LogP contribution in [-0.2, 0) is 6.42 Å². The Balaban J connectivity index is 3.25. The molecule has 0 amide bonds. The van der Waals surface area contributed by atoms with Gasteiger partial charge >= 0.3 is 0 Å². The van der Waals surface area contributed by atoms with Gasteiger partial charge in [0.05, 0.1) is 0 Å². The molecule has 60 valence electrons. The van der Waals surface area contributed by atoms with Gasteiger partial charge in [0.1, 0.15) is 5.82 Å². The number of rotatable bonds is 1. The molecule has 0 aromatic heterocycles. The Kier molecular flexibility index (Phi) is 2.74. The molecular weight excluding hydrogens is 186 g/mol. The summed E-state index contributed by atoms with van der Waals surface area (Å²) in [6.07, 6.45) is 0.585. The van der Waals surface area contributed by atoms with Gasteiger partial charge in [0.15, 0.2) is 0 Å². The summed E-state index contributed by atoms with van der Waals surface area (Å²) in [7, 11) is 0. The van der Waals surface area contributed by atoms with Crippen molar-refractivity contribution in [1.82, 2.24) is 0 Å². The Morgan fingerprint density at radius 3 is 2.45 bits per heavy atom. The van der Waals surface area contributed by atoms with Gasteiger partial charge in [0.2, 0.25) is 0 Å². The molecule has 3 heteroatoms. The summed E-state index contributed by atoms with van der Waals surface area (Å²) in [6, 6.07) is 2.82.